The third kappa shape index (κ3) is 3.61. The second-order valence-electron chi connectivity index (χ2n) is 3.27. The van der Waals surface area contributed by atoms with Crippen molar-refractivity contribution in [2.45, 2.75) is 10.4 Å². The zero-order valence-electron chi connectivity index (χ0n) is 9.72. The van der Waals surface area contributed by atoms with Gasteiger partial charge in [-0.15, -0.1) is 0 Å². The number of alkyl halides is 3. The summed E-state index contributed by atoms with van der Waals surface area (Å²) in [5, 5.41) is 19.5. The fourth-order valence-electron chi connectivity index (χ4n) is 1.29. The standard InChI is InChI=1S/C10H5F3N2O4S/c1-19-9(16)6-3-8(20-10(11,12)13)7(15(17)18)2-5(6)4-14/h2-3H,1H3. The molecule has 0 atom stereocenters. The van der Waals surface area contributed by atoms with E-state index in [9.17, 15) is 28.1 Å². The summed E-state index contributed by atoms with van der Waals surface area (Å²) in [5.74, 6) is -1.06. The zero-order chi connectivity index (χ0) is 15.5. The normalized spacial score (nSPS) is 10.8. The van der Waals surface area contributed by atoms with Crippen molar-refractivity contribution < 1.29 is 27.6 Å². The molecule has 106 valence electrons. The maximum absolute atomic E-state index is 12.3. The van der Waals surface area contributed by atoms with Crippen LogP contribution in [0.3, 0.4) is 0 Å². The Labute approximate surface area is 114 Å². The Morgan fingerprint density at radius 3 is 2.50 bits per heavy atom. The minimum Gasteiger partial charge on any atom is -0.465 e. The molecule has 1 rings (SSSR count). The molecule has 6 nitrogen and oxygen atoms in total. The highest BCUT2D eigenvalue weighted by Crippen LogP contribution is 2.42. The summed E-state index contributed by atoms with van der Waals surface area (Å²) in [6.07, 6.45) is 0. The third-order valence-electron chi connectivity index (χ3n) is 2.05. The molecule has 10 heteroatoms. The highest BCUT2D eigenvalue weighted by atomic mass is 32.2. The maximum atomic E-state index is 12.3. The number of methoxy groups -OCH3 is 1. The molecular formula is C10H5F3N2O4S. The first-order valence-electron chi connectivity index (χ1n) is 4.76. The Kier molecular flexibility index (Phi) is 4.57. The Morgan fingerprint density at radius 2 is 2.10 bits per heavy atom. The highest BCUT2D eigenvalue weighted by Gasteiger charge is 2.34. The first-order chi connectivity index (χ1) is 9.19. The number of nitro groups is 1. The van der Waals surface area contributed by atoms with Crippen LogP contribution in [-0.4, -0.2) is 23.5 Å². The van der Waals surface area contributed by atoms with Crippen molar-refractivity contribution >= 4 is 23.4 Å². The average Bonchev–Trinajstić information content (AvgIpc) is 2.35. The number of nitriles is 1. The number of hydrogen-bond acceptors (Lipinski definition) is 6. The summed E-state index contributed by atoms with van der Waals surface area (Å²) in [5.41, 5.74) is -6.58. The van der Waals surface area contributed by atoms with E-state index >= 15 is 0 Å². The van der Waals surface area contributed by atoms with Crippen LogP contribution < -0.4 is 0 Å². The van der Waals surface area contributed by atoms with Crippen LogP contribution >= 0.6 is 11.8 Å². The van der Waals surface area contributed by atoms with Crippen LogP contribution in [0.5, 0.6) is 0 Å². The van der Waals surface area contributed by atoms with E-state index < -0.39 is 49.9 Å². The SMILES string of the molecule is COC(=O)c1cc(SC(F)(F)F)c([N+](=O)[O-])cc1C#N. The Balaban J connectivity index is 3.51. The van der Waals surface area contributed by atoms with Crippen LogP contribution in [0.1, 0.15) is 15.9 Å². The number of halogens is 3. The molecule has 0 unspecified atom stereocenters. The van der Waals surface area contributed by atoms with E-state index in [1.165, 1.54) is 6.07 Å². The molecule has 0 bridgehead atoms. The van der Waals surface area contributed by atoms with Crippen LogP contribution in [0.15, 0.2) is 17.0 Å². The smallest absolute Gasteiger partial charge is 0.446 e. The van der Waals surface area contributed by atoms with Gasteiger partial charge in [0, 0.05) is 6.07 Å². The van der Waals surface area contributed by atoms with Crippen molar-refractivity contribution in [2.75, 3.05) is 7.11 Å². The van der Waals surface area contributed by atoms with Gasteiger partial charge in [0.1, 0.15) is 6.07 Å². The van der Waals surface area contributed by atoms with E-state index in [1.807, 2.05) is 0 Å². The fraction of sp³-hybridized carbons (Fsp3) is 0.200. The number of esters is 1. The maximum Gasteiger partial charge on any atom is 0.446 e. The van der Waals surface area contributed by atoms with E-state index in [0.717, 1.165) is 7.11 Å². The number of carbonyl (C=O) groups is 1. The van der Waals surface area contributed by atoms with Gasteiger partial charge in [0.25, 0.3) is 5.69 Å². The van der Waals surface area contributed by atoms with E-state index in [4.69, 9.17) is 5.26 Å². The van der Waals surface area contributed by atoms with Gasteiger partial charge in [-0.25, -0.2) is 4.79 Å². The van der Waals surface area contributed by atoms with Gasteiger partial charge in [0.2, 0.25) is 0 Å². The first-order valence-corrected chi connectivity index (χ1v) is 5.58. The summed E-state index contributed by atoms with van der Waals surface area (Å²) in [6.45, 7) is 0. The molecule has 0 fully saturated rings. The predicted molar refractivity (Wildman–Crippen MR) is 61.1 cm³/mol. The molecule has 1 aromatic rings. The summed E-state index contributed by atoms with van der Waals surface area (Å²) >= 11 is -0.742. The van der Waals surface area contributed by atoms with Crippen molar-refractivity contribution in [1.29, 1.82) is 5.26 Å². The van der Waals surface area contributed by atoms with Gasteiger partial charge in [-0.1, -0.05) is 0 Å². The van der Waals surface area contributed by atoms with Gasteiger partial charge >= 0.3 is 11.5 Å². The molecule has 20 heavy (non-hydrogen) atoms. The number of ether oxygens (including phenoxy) is 1. The molecule has 0 saturated carbocycles. The number of carbonyl (C=O) groups excluding carboxylic acids is 1. The lowest BCUT2D eigenvalue weighted by Crippen LogP contribution is -2.08. The van der Waals surface area contributed by atoms with E-state index in [1.54, 1.807) is 0 Å². The topological polar surface area (TPSA) is 93.2 Å². The van der Waals surface area contributed by atoms with E-state index in [-0.39, 0.29) is 0 Å². The van der Waals surface area contributed by atoms with Crippen LogP contribution in [0.25, 0.3) is 0 Å². The summed E-state index contributed by atoms with van der Waals surface area (Å²) < 4.78 is 41.3. The Hall–Kier alpha value is -2.28. The second-order valence-corrected chi connectivity index (χ2v) is 4.38. The van der Waals surface area contributed by atoms with Gasteiger partial charge in [0.05, 0.1) is 28.1 Å². The van der Waals surface area contributed by atoms with Gasteiger partial charge in [-0.3, -0.25) is 10.1 Å². The third-order valence-corrected chi connectivity index (χ3v) is 2.83. The average molecular weight is 306 g/mol. The van der Waals surface area contributed by atoms with Crippen molar-refractivity contribution in [1.82, 2.24) is 0 Å². The molecule has 0 saturated heterocycles. The largest absolute Gasteiger partial charge is 0.465 e. The van der Waals surface area contributed by atoms with Crippen molar-refractivity contribution in [3.63, 3.8) is 0 Å². The van der Waals surface area contributed by atoms with Gasteiger partial charge in [0.15, 0.2) is 0 Å². The molecule has 0 N–H and O–H groups in total. The Morgan fingerprint density at radius 1 is 1.50 bits per heavy atom. The lowest BCUT2D eigenvalue weighted by molar-refractivity contribution is -0.387. The van der Waals surface area contributed by atoms with Crippen LogP contribution in [0.4, 0.5) is 18.9 Å². The highest BCUT2D eigenvalue weighted by molar-refractivity contribution is 8.00. The second kappa shape index (κ2) is 5.79. The molecular weight excluding hydrogens is 301 g/mol. The quantitative estimate of drug-likeness (QED) is 0.369. The molecule has 0 aliphatic rings. The molecule has 0 amide bonds. The number of rotatable bonds is 3. The fourth-order valence-corrected chi connectivity index (χ4v) is 1.95. The number of nitrogens with zero attached hydrogens (tertiary/aromatic N) is 2. The monoisotopic (exact) mass is 306 g/mol. The molecule has 0 aliphatic carbocycles. The molecule has 0 heterocycles. The number of nitro benzene ring substituents is 1. The molecule has 0 aliphatic heterocycles. The molecule has 0 aromatic heterocycles. The first kappa shape index (κ1) is 15.8. The van der Waals surface area contributed by atoms with Crippen LogP contribution in [0, 0.1) is 21.4 Å². The van der Waals surface area contributed by atoms with Crippen LogP contribution in [-0.2, 0) is 4.74 Å². The van der Waals surface area contributed by atoms with Crippen molar-refractivity contribution in [3.8, 4) is 6.07 Å². The number of benzene rings is 1. The minimum atomic E-state index is -4.77. The van der Waals surface area contributed by atoms with Gasteiger partial charge in [-0.2, -0.15) is 18.4 Å². The predicted octanol–water partition coefficient (Wildman–Crippen LogP) is 2.86. The number of thioether (sulfide) groups is 1. The van der Waals surface area contributed by atoms with E-state index in [0.29, 0.717) is 12.1 Å². The summed E-state index contributed by atoms with van der Waals surface area (Å²) in [7, 11) is 0.974. The Bertz CT molecular complexity index is 610. The van der Waals surface area contributed by atoms with Crippen molar-refractivity contribution in [3.05, 3.63) is 33.4 Å². The minimum absolute atomic E-state index is 0.435. The molecule has 0 radical (unpaired) electrons. The zero-order valence-corrected chi connectivity index (χ0v) is 10.5. The molecule has 1 aromatic carbocycles. The van der Waals surface area contributed by atoms with Crippen molar-refractivity contribution in [2.24, 2.45) is 0 Å². The van der Waals surface area contributed by atoms with Crippen LogP contribution in [0.2, 0.25) is 0 Å². The number of hydrogen-bond donors (Lipinski definition) is 0. The van der Waals surface area contributed by atoms with E-state index in [2.05, 4.69) is 4.74 Å². The lowest BCUT2D eigenvalue weighted by Gasteiger charge is -2.09. The summed E-state index contributed by atoms with van der Waals surface area (Å²) in [4.78, 5) is 20.2. The van der Waals surface area contributed by atoms with Gasteiger partial charge in [-0.05, 0) is 17.8 Å². The summed E-state index contributed by atoms with van der Waals surface area (Å²) in [6, 6.07) is 2.74. The van der Waals surface area contributed by atoms with Gasteiger partial charge < -0.3 is 4.74 Å². The molecule has 0 spiro atoms. The lowest BCUT2D eigenvalue weighted by atomic mass is 10.1.